The minimum atomic E-state index is -2.94. The first-order chi connectivity index (χ1) is 11.0. The van der Waals surface area contributed by atoms with Gasteiger partial charge in [0.1, 0.15) is 23.7 Å². The lowest BCUT2D eigenvalue weighted by Crippen LogP contribution is -2.36. The van der Waals surface area contributed by atoms with Crippen LogP contribution < -0.4 is 10.2 Å². The van der Waals surface area contributed by atoms with Gasteiger partial charge in [-0.25, -0.2) is 18.4 Å². The van der Waals surface area contributed by atoms with Crippen LogP contribution in [0.2, 0.25) is 0 Å². The third kappa shape index (κ3) is 3.61. The van der Waals surface area contributed by atoms with Crippen molar-refractivity contribution in [1.82, 2.24) is 15.1 Å². The van der Waals surface area contributed by atoms with Gasteiger partial charge in [-0.05, 0) is 20.3 Å². The molecule has 2 aromatic rings. The van der Waals surface area contributed by atoms with E-state index >= 15 is 0 Å². The average molecular weight is 337 g/mol. The SMILES string of the molecule is CCN(c1cc(Nc2cc(C)on2)ncn1)C1CCS(=O)(=O)C1. The summed E-state index contributed by atoms with van der Waals surface area (Å²) in [4.78, 5) is 10.5. The molecule has 0 aromatic carbocycles. The molecule has 23 heavy (non-hydrogen) atoms. The molecule has 1 aliphatic heterocycles. The Balaban J connectivity index is 1.80. The van der Waals surface area contributed by atoms with Crippen molar-refractivity contribution in [3.05, 3.63) is 24.2 Å². The van der Waals surface area contributed by atoms with Gasteiger partial charge in [-0.3, -0.25) is 0 Å². The number of anilines is 3. The Labute approximate surface area is 134 Å². The molecule has 3 rings (SSSR count). The largest absolute Gasteiger partial charge is 0.360 e. The maximum Gasteiger partial charge on any atom is 0.175 e. The van der Waals surface area contributed by atoms with Crippen molar-refractivity contribution in [2.24, 2.45) is 0 Å². The zero-order valence-corrected chi connectivity index (χ0v) is 13.9. The van der Waals surface area contributed by atoms with Crippen LogP contribution in [0.25, 0.3) is 0 Å². The summed E-state index contributed by atoms with van der Waals surface area (Å²) in [5.41, 5.74) is 0. The van der Waals surface area contributed by atoms with Gasteiger partial charge >= 0.3 is 0 Å². The van der Waals surface area contributed by atoms with E-state index in [4.69, 9.17) is 4.52 Å². The van der Waals surface area contributed by atoms with Crippen LogP contribution in [-0.2, 0) is 9.84 Å². The Morgan fingerprint density at radius 3 is 2.78 bits per heavy atom. The third-order valence-electron chi connectivity index (χ3n) is 3.82. The minimum Gasteiger partial charge on any atom is -0.360 e. The van der Waals surface area contributed by atoms with Gasteiger partial charge in [0.05, 0.1) is 11.5 Å². The Morgan fingerprint density at radius 2 is 2.17 bits per heavy atom. The molecule has 0 amide bonds. The van der Waals surface area contributed by atoms with Crippen LogP contribution >= 0.6 is 0 Å². The number of hydrogen-bond donors (Lipinski definition) is 1. The van der Waals surface area contributed by atoms with Crippen molar-refractivity contribution < 1.29 is 12.9 Å². The summed E-state index contributed by atoms with van der Waals surface area (Å²) in [6.07, 6.45) is 2.09. The Hall–Kier alpha value is -2.16. The van der Waals surface area contributed by atoms with E-state index in [0.717, 1.165) is 0 Å². The summed E-state index contributed by atoms with van der Waals surface area (Å²) in [7, 11) is -2.94. The van der Waals surface area contributed by atoms with E-state index in [9.17, 15) is 8.42 Å². The molecule has 1 fully saturated rings. The predicted octanol–water partition coefficient (Wildman–Crippen LogP) is 1.53. The molecule has 0 bridgehead atoms. The summed E-state index contributed by atoms with van der Waals surface area (Å²) < 4.78 is 28.4. The van der Waals surface area contributed by atoms with Gasteiger partial charge in [-0.2, -0.15) is 0 Å². The number of aryl methyl sites for hydroxylation is 1. The molecule has 124 valence electrons. The first-order valence-electron chi connectivity index (χ1n) is 7.46. The first-order valence-corrected chi connectivity index (χ1v) is 9.28. The van der Waals surface area contributed by atoms with Crippen molar-refractivity contribution in [3.63, 3.8) is 0 Å². The second-order valence-corrected chi connectivity index (χ2v) is 7.78. The molecule has 9 heteroatoms. The molecule has 0 radical (unpaired) electrons. The quantitative estimate of drug-likeness (QED) is 0.876. The van der Waals surface area contributed by atoms with Crippen molar-refractivity contribution in [3.8, 4) is 0 Å². The molecule has 8 nitrogen and oxygen atoms in total. The number of nitrogens with one attached hydrogen (secondary N) is 1. The maximum atomic E-state index is 11.7. The average Bonchev–Trinajstić information content (AvgIpc) is 3.06. The molecule has 1 unspecified atom stereocenters. The molecule has 1 N–H and O–H groups in total. The van der Waals surface area contributed by atoms with Gasteiger partial charge in [0, 0.05) is 24.7 Å². The normalized spacial score (nSPS) is 19.7. The van der Waals surface area contributed by atoms with Gasteiger partial charge in [0.2, 0.25) is 0 Å². The molecule has 1 saturated heterocycles. The summed E-state index contributed by atoms with van der Waals surface area (Å²) in [5, 5.41) is 6.91. The number of nitrogens with zero attached hydrogens (tertiary/aromatic N) is 4. The van der Waals surface area contributed by atoms with Crippen LogP contribution in [-0.4, -0.2) is 47.6 Å². The van der Waals surface area contributed by atoms with Crippen LogP contribution in [0.5, 0.6) is 0 Å². The van der Waals surface area contributed by atoms with Crippen LogP contribution in [0.1, 0.15) is 19.1 Å². The van der Waals surface area contributed by atoms with Gasteiger partial charge < -0.3 is 14.7 Å². The van der Waals surface area contributed by atoms with Crippen molar-refractivity contribution in [2.45, 2.75) is 26.3 Å². The van der Waals surface area contributed by atoms with E-state index < -0.39 is 9.84 Å². The van der Waals surface area contributed by atoms with E-state index in [2.05, 4.69) is 20.4 Å². The topological polar surface area (TPSA) is 101 Å². The van der Waals surface area contributed by atoms with Crippen LogP contribution in [0, 0.1) is 6.92 Å². The lowest BCUT2D eigenvalue weighted by atomic mass is 10.2. The zero-order valence-electron chi connectivity index (χ0n) is 13.1. The van der Waals surface area contributed by atoms with Crippen molar-refractivity contribution in [1.29, 1.82) is 0 Å². The molecule has 3 heterocycles. The minimum absolute atomic E-state index is 0.0398. The Morgan fingerprint density at radius 1 is 1.35 bits per heavy atom. The second kappa shape index (κ2) is 6.15. The van der Waals surface area contributed by atoms with E-state index in [1.807, 2.05) is 18.7 Å². The zero-order chi connectivity index (χ0) is 16.4. The highest BCUT2D eigenvalue weighted by atomic mass is 32.2. The summed E-state index contributed by atoms with van der Waals surface area (Å²) in [5.74, 6) is 2.97. The highest BCUT2D eigenvalue weighted by Gasteiger charge is 2.32. The number of aromatic nitrogens is 3. The van der Waals surface area contributed by atoms with E-state index in [1.165, 1.54) is 6.33 Å². The molecular weight excluding hydrogens is 318 g/mol. The van der Waals surface area contributed by atoms with E-state index in [0.29, 0.717) is 36.2 Å². The maximum absolute atomic E-state index is 11.7. The second-order valence-electron chi connectivity index (χ2n) is 5.55. The fraction of sp³-hybridized carbons (Fsp3) is 0.500. The lowest BCUT2D eigenvalue weighted by molar-refractivity contribution is 0.400. The fourth-order valence-corrected chi connectivity index (χ4v) is 4.49. The van der Waals surface area contributed by atoms with Crippen LogP contribution in [0.15, 0.2) is 23.0 Å². The first kappa shape index (κ1) is 15.7. The van der Waals surface area contributed by atoms with Gasteiger partial charge in [0.25, 0.3) is 0 Å². The van der Waals surface area contributed by atoms with Crippen molar-refractivity contribution in [2.75, 3.05) is 28.3 Å². The third-order valence-corrected chi connectivity index (χ3v) is 5.57. The molecule has 1 atom stereocenters. The highest BCUT2D eigenvalue weighted by Crippen LogP contribution is 2.24. The monoisotopic (exact) mass is 337 g/mol. The molecule has 2 aromatic heterocycles. The summed E-state index contributed by atoms with van der Waals surface area (Å²) in [6.45, 7) is 4.48. The van der Waals surface area contributed by atoms with Crippen molar-refractivity contribution >= 4 is 27.3 Å². The number of hydrogen-bond acceptors (Lipinski definition) is 8. The predicted molar refractivity (Wildman–Crippen MR) is 86.6 cm³/mol. The van der Waals surface area contributed by atoms with Gasteiger partial charge in [0.15, 0.2) is 15.7 Å². The Bertz CT molecular complexity index is 789. The standard InChI is InChI=1S/C14H19N5O3S/c1-3-19(11-4-5-23(20,21)8-11)14-7-12(15-9-16-14)17-13-6-10(2)22-18-13/h6-7,9,11H,3-5,8H2,1-2H3,(H,15,16,17,18). The number of rotatable bonds is 5. The van der Waals surface area contributed by atoms with Gasteiger partial charge in [-0.1, -0.05) is 5.16 Å². The number of sulfone groups is 1. The van der Waals surface area contributed by atoms with Gasteiger partial charge in [-0.15, -0.1) is 0 Å². The van der Waals surface area contributed by atoms with E-state index in [-0.39, 0.29) is 17.5 Å². The molecule has 1 aliphatic rings. The molecular formula is C14H19N5O3S. The Kier molecular flexibility index (Phi) is 4.20. The molecule has 0 aliphatic carbocycles. The summed E-state index contributed by atoms with van der Waals surface area (Å²) >= 11 is 0. The smallest absolute Gasteiger partial charge is 0.175 e. The van der Waals surface area contributed by atoms with E-state index in [1.54, 1.807) is 12.1 Å². The molecule has 0 saturated carbocycles. The fourth-order valence-electron chi connectivity index (χ4n) is 2.76. The van der Waals surface area contributed by atoms with Crippen LogP contribution in [0.3, 0.4) is 0 Å². The van der Waals surface area contributed by atoms with Crippen LogP contribution in [0.4, 0.5) is 17.5 Å². The molecule has 0 spiro atoms. The lowest BCUT2D eigenvalue weighted by Gasteiger charge is -2.27. The highest BCUT2D eigenvalue weighted by molar-refractivity contribution is 7.91. The summed E-state index contributed by atoms with van der Waals surface area (Å²) in [6, 6.07) is 3.52.